The molecule has 0 spiro atoms. The highest BCUT2D eigenvalue weighted by Crippen LogP contribution is 2.44. The Morgan fingerprint density at radius 3 is 2.60 bits per heavy atom. The summed E-state index contributed by atoms with van der Waals surface area (Å²) in [6.45, 7) is 7.46. The first-order valence-electron chi connectivity index (χ1n) is 7.48. The van der Waals surface area contributed by atoms with E-state index in [9.17, 15) is 10.1 Å². The van der Waals surface area contributed by atoms with Crippen molar-refractivity contribution in [3.8, 4) is 0 Å². The van der Waals surface area contributed by atoms with Crippen molar-refractivity contribution in [3.63, 3.8) is 0 Å². The molecule has 0 radical (unpaired) electrons. The molecule has 1 aliphatic carbocycles. The van der Waals surface area contributed by atoms with Crippen molar-refractivity contribution in [3.05, 3.63) is 15.8 Å². The smallest absolute Gasteiger partial charge is 0.333 e. The first-order chi connectivity index (χ1) is 9.53. The third kappa shape index (κ3) is 2.64. The van der Waals surface area contributed by atoms with Gasteiger partial charge in [0.05, 0.1) is 4.92 Å². The maximum absolute atomic E-state index is 11.2. The lowest BCUT2D eigenvalue weighted by molar-refractivity contribution is -0.384. The predicted molar refractivity (Wildman–Crippen MR) is 79.0 cm³/mol. The number of hydrogen-bond acceptors (Lipinski definition) is 4. The molecule has 112 valence electrons. The largest absolute Gasteiger partial charge is 0.364 e. The predicted octanol–water partition coefficient (Wildman–Crippen LogP) is 3.50. The average molecular weight is 280 g/mol. The highest BCUT2D eigenvalue weighted by molar-refractivity contribution is 5.59. The first-order valence-corrected chi connectivity index (χ1v) is 7.48. The van der Waals surface area contributed by atoms with E-state index in [4.69, 9.17) is 0 Å². The molecule has 0 aromatic carbocycles. The molecule has 0 atom stereocenters. The van der Waals surface area contributed by atoms with Gasteiger partial charge in [-0.2, -0.15) is 5.10 Å². The topological polar surface area (TPSA) is 73.0 Å². The van der Waals surface area contributed by atoms with Crippen LogP contribution in [0.15, 0.2) is 0 Å². The van der Waals surface area contributed by atoms with Gasteiger partial charge in [-0.05, 0) is 38.0 Å². The third-order valence-electron chi connectivity index (χ3n) is 4.51. The number of rotatable bonds is 7. The van der Waals surface area contributed by atoms with Gasteiger partial charge in [0.1, 0.15) is 5.69 Å². The lowest BCUT2D eigenvalue weighted by atomic mass is 9.67. The Balaban J connectivity index is 2.21. The molecule has 2 rings (SSSR count). The molecule has 1 aromatic heterocycles. The number of nitro groups is 1. The van der Waals surface area contributed by atoms with Crippen LogP contribution in [-0.2, 0) is 6.54 Å². The van der Waals surface area contributed by atoms with Crippen LogP contribution in [0.1, 0.15) is 51.6 Å². The monoisotopic (exact) mass is 280 g/mol. The van der Waals surface area contributed by atoms with Crippen molar-refractivity contribution in [2.24, 2.45) is 5.41 Å². The second-order valence-corrected chi connectivity index (χ2v) is 5.82. The quantitative estimate of drug-likeness (QED) is 0.613. The zero-order chi connectivity index (χ0) is 14.8. The summed E-state index contributed by atoms with van der Waals surface area (Å²) in [5.74, 6) is 0.578. The van der Waals surface area contributed by atoms with E-state index >= 15 is 0 Å². The van der Waals surface area contributed by atoms with Crippen LogP contribution in [0.3, 0.4) is 0 Å². The lowest BCUT2D eigenvalue weighted by Crippen LogP contribution is -2.36. The maximum atomic E-state index is 11.2. The van der Waals surface area contributed by atoms with E-state index in [2.05, 4.69) is 17.3 Å². The van der Waals surface area contributed by atoms with Gasteiger partial charge < -0.3 is 5.32 Å². The van der Waals surface area contributed by atoms with Gasteiger partial charge in [0.2, 0.25) is 5.82 Å². The van der Waals surface area contributed by atoms with E-state index in [1.165, 1.54) is 19.3 Å². The van der Waals surface area contributed by atoms with Crippen molar-refractivity contribution >= 4 is 11.5 Å². The summed E-state index contributed by atoms with van der Waals surface area (Å²) in [6, 6.07) is 0. The van der Waals surface area contributed by atoms with Crippen LogP contribution in [0.4, 0.5) is 11.5 Å². The van der Waals surface area contributed by atoms with Gasteiger partial charge in [0.15, 0.2) is 0 Å². The molecule has 1 heterocycles. The van der Waals surface area contributed by atoms with Crippen molar-refractivity contribution in [2.45, 2.75) is 59.4 Å². The zero-order valence-electron chi connectivity index (χ0n) is 12.6. The number of nitrogens with one attached hydrogen (secondary N) is 1. The summed E-state index contributed by atoms with van der Waals surface area (Å²) in [5, 5.41) is 18.9. The van der Waals surface area contributed by atoms with E-state index in [1.807, 2.05) is 6.92 Å². The fourth-order valence-corrected chi connectivity index (χ4v) is 2.94. The molecule has 0 unspecified atom stereocenters. The summed E-state index contributed by atoms with van der Waals surface area (Å²) < 4.78 is 1.75. The maximum Gasteiger partial charge on any atom is 0.333 e. The van der Waals surface area contributed by atoms with Crippen molar-refractivity contribution < 1.29 is 4.92 Å². The van der Waals surface area contributed by atoms with Gasteiger partial charge in [-0.15, -0.1) is 0 Å². The Hall–Kier alpha value is -1.59. The van der Waals surface area contributed by atoms with Crippen molar-refractivity contribution in [1.29, 1.82) is 0 Å². The normalized spacial score (nSPS) is 16.8. The zero-order valence-corrected chi connectivity index (χ0v) is 12.6. The van der Waals surface area contributed by atoms with Crippen LogP contribution >= 0.6 is 0 Å². The molecule has 1 aliphatic rings. The second-order valence-electron chi connectivity index (χ2n) is 5.82. The lowest BCUT2D eigenvalue weighted by Gasteiger charge is -2.41. The van der Waals surface area contributed by atoms with E-state index in [0.29, 0.717) is 23.5 Å². The Labute approximate surface area is 119 Å². The molecule has 20 heavy (non-hydrogen) atoms. The number of nitrogens with zero attached hydrogens (tertiary/aromatic N) is 3. The van der Waals surface area contributed by atoms with E-state index in [1.54, 1.807) is 11.6 Å². The summed E-state index contributed by atoms with van der Waals surface area (Å²) in [7, 11) is 0. The van der Waals surface area contributed by atoms with Gasteiger partial charge in [0.25, 0.3) is 0 Å². The minimum atomic E-state index is -0.323. The SMILES string of the molecule is CCCn1nc(C)c([N+](=O)[O-])c1NCC1(CC)CCC1. The highest BCUT2D eigenvalue weighted by atomic mass is 16.6. The van der Waals surface area contributed by atoms with Crippen LogP contribution in [0.25, 0.3) is 0 Å². The summed E-state index contributed by atoms with van der Waals surface area (Å²) in [5.41, 5.74) is 0.942. The number of aryl methyl sites for hydroxylation is 2. The van der Waals surface area contributed by atoms with Crippen LogP contribution < -0.4 is 5.32 Å². The standard InChI is InChI=1S/C14H24N4O2/c1-4-9-17-13(12(18(19)20)11(3)16-17)15-10-14(5-2)7-6-8-14/h15H,4-10H2,1-3H3. The van der Waals surface area contributed by atoms with Crippen molar-refractivity contribution in [1.82, 2.24) is 9.78 Å². The number of hydrogen-bond donors (Lipinski definition) is 1. The van der Waals surface area contributed by atoms with Crippen LogP contribution in [0.2, 0.25) is 0 Å². The Kier molecular flexibility index (Phi) is 4.30. The summed E-state index contributed by atoms with van der Waals surface area (Å²) >= 11 is 0. The van der Waals surface area contributed by atoms with Crippen molar-refractivity contribution in [2.75, 3.05) is 11.9 Å². The molecule has 6 heteroatoms. The number of aromatic nitrogens is 2. The van der Waals surface area contributed by atoms with Gasteiger partial charge in [-0.3, -0.25) is 10.1 Å². The van der Waals surface area contributed by atoms with Crippen LogP contribution in [0, 0.1) is 22.5 Å². The van der Waals surface area contributed by atoms with Gasteiger partial charge in [-0.25, -0.2) is 4.68 Å². The van der Waals surface area contributed by atoms with Gasteiger partial charge >= 0.3 is 5.69 Å². The van der Waals surface area contributed by atoms with E-state index < -0.39 is 0 Å². The Morgan fingerprint density at radius 2 is 2.15 bits per heavy atom. The highest BCUT2D eigenvalue weighted by Gasteiger charge is 2.36. The molecule has 1 aromatic rings. The van der Waals surface area contributed by atoms with Crippen LogP contribution in [0.5, 0.6) is 0 Å². The molecule has 6 nitrogen and oxygen atoms in total. The molecule has 0 aliphatic heterocycles. The second kappa shape index (κ2) is 5.81. The van der Waals surface area contributed by atoms with Gasteiger partial charge in [-0.1, -0.05) is 20.3 Å². The average Bonchev–Trinajstić information content (AvgIpc) is 2.65. The molecule has 0 saturated heterocycles. The third-order valence-corrected chi connectivity index (χ3v) is 4.51. The first kappa shape index (κ1) is 14.8. The molecule has 1 fully saturated rings. The minimum absolute atomic E-state index is 0.129. The minimum Gasteiger partial charge on any atom is -0.364 e. The summed E-state index contributed by atoms with van der Waals surface area (Å²) in [4.78, 5) is 10.9. The molecule has 1 saturated carbocycles. The number of anilines is 1. The fourth-order valence-electron chi connectivity index (χ4n) is 2.94. The molecule has 0 amide bonds. The van der Waals surface area contributed by atoms with E-state index in [-0.39, 0.29) is 10.6 Å². The van der Waals surface area contributed by atoms with Crippen LogP contribution in [-0.4, -0.2) is 21.2 Å². The summed E-state index contributed by atoms with van der Waals surface area (Å²) in [6.07, 6.45) is 5.72. The molecular weight excluding hydrogens is 256 g/mol. The Morgan fingerprint density at radius 1 is 1.45 bits per heavy atom. The molecule has 1 N–H and O–H groups in total. The fraction of sp³-hybridized carbons (Fsp3) is 0.786. The molecule has 0 bridgehead atoms. The van der Waals surface area contributed by atoms with Gasteiger partial charge in [0, 0.05) is 13.1 Å². The van der Waals surface area contributed by atoms with E-state index in [0.717, 1.165) is 19.4 Å². The Bertz CT molecular complexity index is 486. The molecular formula is C14H24N4O2.